The number of benzene rings is 8. The first-order chi connectivity index (χ1) is 26.3. The second-order valence-electron chi connectivity index (χ2n) is 14.5. The Morgan fingerprint density at radius 2 is 1.02 bits per heavy atom. The van der Waals surface area contributed by atoms with Gasteiger partial charge in [0, 0.05) is 70.0 Å². The zero-order valence-corrected chi connectivity index (χ0v) is 29.3. The summed E-state index contributed by atoms with van der Waals surface area (Å²) in [5, 5.41) is 7.98. The highest BCUT2D eigenvalue weighted by molar-refractivity contribution is 7.27. The Morgan fingerprint density at radius 3 is 1.75 bits per heavy atom. The number of aromatic nitrogens is 2. The Labute approximate surface area is 309 Å². The van der Waals surface area contributed by atoms with Crippen LogP contribution in [0.15, 0.2) is 170 Å². The van der Waals surface area contributed by atoms with E-state index < -0.39 is 0 Å². The molecule has 53 heavy (non-hydrogen) atoms. The number of hydrogen-bond donors (Lipinski definition) is 0. The van der Waals surface area contributed by atoms with E-state index in [0.29, 0.717) is 0 Å². The highest BCUT2D eigenvalue weighted by Crippen LogP contribution is 2.46. The van der Waals surface area contributed by atoms with Crippen LogP contribution in [-0.4, -0.2) is 15.8 Å². The van der Waals surface area contributed by atoms with Crippen LogP contribution >= 0.6 is 11.3 Å². The monoisotopic (exact) mass is 689 g/mol. The summed E-state index contributed by atoms with van der Waals surface area (Å²) in [5.74, 6) is 0. The predicted molar refractivity (Wildman–Crippen MR) is 227 cm³/mol. The van der Waals surface area contributed by atoms with Gasteiger partial charge in [0.15, 0.2) is 0 Å². The van der Waals surface area contributed by atoms with E-state index in [9.17, 15) is 0 Å². The van der Waals surface area contributed by atoms with Crippen molar-refractivity contribution >= 4 is 115 Å². The third kappa shape index (κ3) is 3.50. The Morgan fingerprint density at radius 1 is 0.434 bits per heavy atom. The van der Waals surface area contributed by atoms with Gasteiger partial charge in [-0.15, -0.1) is 11.3 Å². The van der Waals surface area contributed by atoms with Crippen molar-refractivity contribution in [2.75, 3.05) is 4.90 Å². The maximum Gasteiger partial charge on any atom is 0.252 e. The smallest absolute Gasteiger partial charge is 0.252 e. The lowest BCUT2D eigenvalue weighted by molar-refractivity contribution is 1.13. The van der Waals surface area contributed by atoms with Crippen molar-refractivity contribution in [1.29, 1.82) is 0 Å². The molecular weight excluding hydrogens is 661 g/mol. The van der Waals surface area contributed by atoms with E-state index >= 15 is 0 Å². The van der Waals surface area contributed by atoms with Gasteiger partial charge in [-0.3, -0.25) is 0 Å². The van der Waals surface area contributed by atoms with Crippen LogP contribution in [0.25, 0.3) is 75.2 Å². The van der Waals surface area contributed by atoms with Crippen molar-refractivity contribution in [2.45, 2.75) is 0 Å². The second-order valence-corrected chi connectivity index (χ2v) is 15.5. The Kier molecular flexibility index (Phi) is 5.33. The summed E-state index contributed by atoms with van der Waals surface area (Å²) in [6.45, 7) is 0.0684. The van der Waals surface area contributed by atoms with Gasteiger partial charge in [-0.25, -0.2) is 0 Å². The van der Waals surface area contributed by atoms with Crippen LogP contribution in [0.2, 0.25) is 0 Å². The van der Waals surface area contributed by atoms with Crippen molar-refractivity contribution in [3.8, 4) is 11.4 Å². The minimum absolute atomic E-state index is 0.0684. The summed E-state index contributed by atoms with van der Waals surface area (Å²) in [4.78, 5) is 2.42. The highest BCUT2D eigenvalue weighted by atomic mass is 32.1. The van der Waals surface area contributed by atoms with Gasteiger partial charge in [0.1, 0.15) is 0 Å². The maximum absolute atomic E-state index is 2.60. The van der Waals surface area contributed by atoms with Gasteiger partial charge in [0.25, 0.3) is 6.71 Å². The Balaban J connectivity index is 1.27. The zero-order valence-electron chi connectivity index (χ0n) is 28.5. The lowest BCUT2D eigenvalue weighted by Gasteiger charge is -2.36. The van der Waals surface area contributed by atoms with E-state index in [0.717, 1.165) is 17.1 Å². The quantitative estimate of drug-likeness (QED) is 0.168. The molecule has 5 heteroatoms. The molecule has 13 rings (SSSR count). The highest BCUT2D eigenvalue weighted by Gasteiger charge is 2.42. The molecule has 0 aliphatic carbocycles. The lowest BCUT2D eigenvalue weighted by Crippen LogP contribution is -2.59. The first-order valence-corrected chi connectivity index (χ1v) is 19.1. The number of nitrogens with zero attached hydrogens (tertiary/aromatic N) is 3. The van der Waals surface area contributed by atoms with E-state index in [1.54, 1.807) is 0 Å². The fourth-order valence-corrected chi connectivity index (χ4v) is 11.1. The summed E-state index contributed by atoms with van der Waals surface area (Å²) < 4.78 is 7.88. The molecule has 0 saturated carbocycles. The van der Waals surface area contributed by atoms with Gasteiger partial charge in [0.05, 0.1) is 22.2 Å². The standard InChI is InChI=1S/C48H28BN3S/c1-3-14-29(15-4-1)50(30-16-5-2-6-17-30)31-26-41-45-42(27-31)52-40-24-11-8-20-35(40)44-47(52)38(28-36-33-19-9-12-25-43(33)53-48(36)44)49(45)37-22-13-21-34-32-18-7-10-23-39(32)51(41)46(34)37/h1-28H. The number of hydrogen-bond acceptors (Lipinski definition) is 2. The molecule has 0 bridgehead atoms. The molecule has 3 aromatic heterocycles. The maximum atomic E-state index is 2.60. The molecule has 0 fully saturated rings. The molecule has 2 aliphatic rings. The summed E-state index contributed by atoms with van der Waals surface area (Å²) in [6.07, 6.45) is 0. The third-order valence-corrected chi connectivity index (χ3v) is 13.0. The molecule has 0 radical (unpaired) electrons. The molecule has 0 saturated heterocycles. The normalized spacial score (nSPS) is 12.9. The summed E-state index contributed by atoms with van der Waals surface area (Å²) in [7, 11) is 0. The van der Waals surface area contributed by atoms with E-state index in [1.165, 1.54) is 91.5 Å². The van der Waals surface area contributed by atoms with Crippen molar-refractivity contribution in [3.05, 3.63) is 170 Å². The molecule has 0 N–H and O–H groups in total. The van der Waals surface area contributed by atoms with Crippen molar-refractivity contribution in [1.82, 2.24) is 9.13 Å². The van der Waals surface area contributed by atoms with Crippen LogP contribution < -0.4 is 21.3 Å². The number of anilines is 3. The fourth-order valence-electron chi connectivity index (χ4n) is 9.84. The van der Waals surface area contributed by atoms with Gasteiger partial charge in [-0.2, -0.15) is 0 Å². The number of rotatable bonds is 3. The van der Waals surface area contributed by atoms with E-state index in [2.05, 4.69) is 184 Å². The van der Waals surface area contributed by atoms with E-state index in [4.69, 9.17) is 0 Å². The minimum Gasteiger partial charge on any atom is -0.310 e. The van der Waals surface area contributed by atoms with Crippen molar-refractivity contribution in [2.24, 2.45) is 0 Å². The van der Waals surface area contributed by atoms with E-state index in [-0.39, 0.29) is 6.71 Å². The molecule has 2 aliphatic heterocycles. The zero-order chi connectivity index (χ0) is 34.4. The van der Waals surface area contributed by atoms with E-state index in [1.807, 2.05) is 11.3 Å². The summed E-state index contributed by atoms with van der Waals surface area (Å²) in [6, 6.07) is 63.1. The molecule has 5 heterocycles. The largest absolute Gasteiger partial charge is 0.310 e. The SMILES string of the molecule is c1ccc(N(c2ccccc2)c2cc3c4c(c2)-n2c5ccccc5c5c6sc7ccccc7c6cc(c52)B4c2cccc4c5ccccc5n-3c24)cc1. The average molecular weight is 690 g/mol. The van der Waals surface area contributed by atoms with Crippen LogP contribution in [0.3, 0.4) is 0 Å². The number of para-hydroxylation sites is 5. The molecule has 0 spiro atoms. The Hall–Kier alpha value is -6.56. The summed E-state index contributed by atoms with van der Waals surface area (Å²) >= 11 is 1.93. The van der Waals surface area contributed by atoms with Gasteiger partial charge < -0.3 is 14.0 Å². The number of fused-ring (bicyclic) bond motifs is 14. The average Bonchev–Trinajstić information content (AvgIpc) is 3.88. The predicted octanol–water partition coefficient (Wildman–Crippen LogP) is 10.9. The van der Waals surface area contributed by atoms with Crippen LogP contribution in [0.4, 0.5) is 17.1 Å². The van der Waals surface area contributed by atoms with Gasteiger partial charge in [0.2, 0.25) is 0 Å². The molecule has 8 aromatic carbocycles. The van der Waals surface area contributed by atoms with Gasteiger partial charge in [-0.1, -0.05) is 115 Å². The fraction of sp³-hybridized carbons (Fsp3) is 0. The minimum atomic E-state index is 0.0684. The Bertz CT molecular complexity index is 3320. The van der Waals surface area contributed by atoms with Crippen LogP contribution in [-0.2, 0) is 0 Å². The molecule has 0 unspecified atom stereocenters. The van der Waals surface area contributed by atoms with Crippen molar-refractivity contribution < 1.29 is 0 Å². The van der Waals surface area contributed by atoms with Gasteiger partial charge in [-0.05, 0) is 71.0 Å². The molecule has 244 valence electrons. The lowest BCUT2D eigenvalue weighted by atomic mass is 9.34. The van der Waals surface area contributed by atoms with Gasteiger partial charge >= 0.3 is 0 Å². The molecule has 0 atom stereocenters. The van der Waals surface area contributed by atoms with Crippen LogP contribution in [0, 0.1) is 0 Å². The topological polar surface area (TPSA) is 13.1 Å². The molecular formula is C48H28BN3S. The third-order valence-electron chi connectivity index (χ3n) is 11.8. The second kappa shape index (κ2) is 10.1. The first kappa shape index (κ1) is 28.1. The van der Waals surface area contributed by atoms with Crippen molar-refractivity contribution in [3.63, 3.8) is 0 Å². The molecule has 0 amide bonds. The van der Waals surface area contributed by atoms with Crippen LogP contribution in [0.1, 0.15) is 0 Å². The number of thiophene rings is 1. The molecule has 11 aromatic rings. The first-order valence-electron chi connectivity index (χ1n) is 18.3. The van der Waals surface area contributed by atoms with Crippen LogP contribution in [0.5, 0.6) is 0 Å². The summed E-state index contributed by atoms with van der Waals surface area (Å²) in [5.41, 5.74) is 15.2. The molecule has 3 nitrogen and oxygen atoms in total.